The van der Waals surface area contributed by atoms with Gasteiger partial charge in [-0.05, 0) is 24.6 Å². The summed E-state index contributed by atoms with van der Waals surface area (Å²) in [6, 6.07) is 7.86. The van der Waals surface area contributed by atoms with Crippen LogP contribution in [0.5, 0.6) is 0 Å². The molecular formula is C12H11BrN2O2. The van der Waals surface area contributed by atoms with Gasteiger partial charge in [0.1, 0.15) is 5.56 Å². The third-order valence-corrected chi connectivity index (χ3v) is 3.11. The molecule has 0 bridgehead atoms. The first-order valence-corrected chi connectivity index (χ1v) is 5.87. The number of hydrogen-bond acceptors (Lipinski definition) is 2. The molecule has 0 amide bonds. The van der Waals surface area contributed by atoms with Crippen LogP contribution >= 0.6 is 15.9 Å². The lowest BCUT2D eigenvalue weighted by atomic mass is 10.2. The van der Waals surface area contributed by atoms with Crippen molar-refractivity contribution in [2.45, 2.75) is 13.5 Å². The Bertz CT molecular complexity index is 546. The quantitative estimate of drug-likeness (QED) is 0.947. The lowest BCUT2D eigenvalue weighted by molar-refractivity contribution is 0.0696. The third-order valence-electron chi connectivity index (χ3n) is 2.58. The molecule has 5 heteroatoms. The van der Waals surface area contributed by atoms with Crippen LogP contribution in [0, 0.1) is 6.92 Å². The van der Waals surface area contributed by atoms with Crippen LogP contribution in [0.25, 0.3) is 0 Å². The second-order valence-electron chi connectivity index (χ2n) is 3.73. The fraction of sp³-hybridized carbons (Fsp3) is 0.167. The molecule has 1 N–H and O–H groups in total. The van der Waals surface area contributed by atoms with E-state index in [2.05, 4.69) is 21.0 Å². The van der Waals surface area contributed by atoms with Gasteiger partial charge >= 0.3 is 5.97 Å². The molecular weight excluding hydrogens is 284 g/mol. The molecule has 4 nitrogen and oxygen atoms in total. The molecule has 0 aliphatic carbocycles. The van der Waals surface area contributed by atoms with Crippen LogP contribution in [0.1, 0.15) is 21.6 Å². The highest BCUT2D eigenvalue weighted by Gasteiger charge is 2.12. The molecule has 0 fully saturated rings. The molecule has 0 unspecified atom stereocenters. The molecule has 0 aliphatic heterocycles. The van der Waals surface area contributed by atoms with Crippen molar-refractivity contribution >= 4 is 21.9 Å². The highest BCUT2D eigenvalue weighted by Crippen LogP contribution is 2.13. The molecule has 1 heterocycles. The smallest absolute Gasteiger partial charge is 0.339 e. The predicted octanol–water partition coefficient (Wildman–Crippen LogP) is 2.70. The molecule has 0 saturated carbocycles. The topological polar surface area (TPSA) is 55.1 Å². The fourth-order valence-electron chi connectivity index (χ4n) is 1.58. The molecule has 0 saturated heterocycles. The van der Waals surface area contributed by atoms with Gasteiger partial charge in [0.2, 0.25) is 0 Å². The zero-order valence-corrected chi connectivity index (χ0v) is 10.8. The lowest BCUT2D eigenvalue weighted by Gasteiger charge is -2.05. The van der Waals surface area contributed by atoms with Crippen LogP contribution in [-0.2, 0) is 6.54 Å². The summed E-state index contributed by atoms with van der Waals surface area (Å²) in [6.45, 7) is 2.34. The number of carboxylic acids is 1. The molecule has 88 valence electrons. The Morgan fingerprint density at radius 1 is 1.41 bits per heavy atom. The normalized spacial score (nSPS) is 10.5. The number of hydrogen-bond donors (Lipinski definition) is 1. The number of halogens is 1. The Morgan fingerprint density at radius 3 is 2.59 bits per heavy atom. The average Bonchev–Trinajstić information content (AvgIpc) is 2.64. The van der Waals surface area contributed by atoms with Crippen LogP contribution in [-0.4, -0.2) is 20.9 Å². The van der Waals surface area contributed by atoms with E-state index in [1.54, 1.807) is 11.6 Å². The largest absolute Gasteiger partial charge is 0.478 e. The Hall–Kier alpha value is -1.62. The maximum Gasteiger partial charge on any atom is 0.339 e. The molecule has 1 aromatic heterocycles. The van der Waals surface area contributed by atoms with Gasteiger partial charge < -0.3 is 5.11 Å². The van der Waals surface area contributed by atoms with E-state index in [4.69, 9.17) is 5.11 Å². The minimum absolute atomic E-state index is 0.252. The van der Waals surface area contributed by atoms with E-state index in [0.717, 1.165) is 10.0 Å². The minimum Gasteiger partial charge on any atom is -0.478 e. The monoisotopic (exact) mass is 294 g/mol. The average molecular weight is 295 g/mol. The molecule has 0 aliphatic rings. The van der Waals surface area contributed by atoms with Crippen LogP contribution in [0.2, 0.25) is 0 Å². The van der Waals surface area contributed by atoms with Gasteiger partial charge in [-0.2, -0.15) is 5.10 Å². The molecule has 17 heavy (non-hydrogen) atoms. The van der Waals surface area contributed by atoms with Gasteiger partial charge in [0.25, 0.3) is 0 Å². The summed E-state index contributed by atoms with van der Waals surface area (Å²) in [6.07, 6.45) is 1.39. The van der Waals surface area contributed by atoms with Crippen LogP contribution in [0.3, 0.4) is 0 Å². The Kier molecular flexibility index (Phi) is 3.28. The molecule has 2 rings (SSSR count). The van der Waals surface area contributed by atoms with Crippen LogP contribution in [0.4, 0.5) is 0 Å². The van der Waals surface area contributed by atoms with E-state index < -0.39 is 5.97 Å². The SMILES string of the molecule is Cc1c(C(=O)O)cnn1Cc1ccc(Br)cc1. The molecule has 0 radical (unpaired) electrons. The minimum atomic E-state index is -0.940. The summed E-state index contributed by atoms with van der Waals surface area (Å²) in [7, 11) is 0. The maximum atomic E-state index is 10.9. The first-order valence-electron chi connectivity index (χ1n) is 5.08. The van der Waals surface area contributed by atoms with Crippen molar-refractivity contribution in [3.8, 4) is 0 Å². The van der Waals surface area contributed by atoms with Crippen molar-refractivity contribution in [3.05, 3.63) is 51.8 Å². The summed E-state index contributed by atoms with van der Waals surface area (Å²) in [5.74, 6) is -0.940. The standard InChI is InChI=1S/C12H11BrN2O2/c1-8-11(12(16)17)6-14-15(8)7-9-2-4-10(13)5-3-9/h2-6H,7H2,1H3,(H,16,17). The van der Waals surface area contributed by atoms with E-state index in [0.29, 0.717) is 12.2 Å². The number of carbonyl (C=O) groups is 1. The van der Waals surface area contributed by atoms with Crippen LogP contribution < -0.4 is 0 Å². The van der Waals surface area contributed by atoms with Crippen molar-refractivity contribution in [1.82, 2.24) is 9.78 Å². The number of carboxylic acid groups (broad SMARTS) is 1. The van der Waals surface area contributed by atoms with Gasteiger partial charge in [-0.15, -0.1) is 0 Å². The number of benzene rings is 1. The second-order valence-corrected chi connectivity index (χ2v) is 4.65. The molecule has 0 spiro atoms. The van der Waals surface area contributed by atoms with Crippen molar-refractivity contribution in [2.24, 2.45) is 0 Å². The lowest BCUT2D eigenvalue weighted by Crippen LogP contribution is -2.05. The summed E-state index contributed by atoms with van der Waals surface area (Å²) in [5, 5.41) is 13.0. The van der Waals surface area contributed by atoms with E-state index in [-0.39, 0.29) is 5.56 Å². The van der Waals surface area contributed by atoms with Gasteiger partial charge in [0.15, 0.2) is 0 Å². The van der Waals surface area contributed by atoms with Gasteiger partial charge in [-0.25, -0.2) is 4.79 Å². The third kappa shape index (κ3) is 2.55. The molecule has 2 aromatic rings. The summed E-state index contributed by atoms with van der Waals surface area (Å²) >= 11 is 3.37. The zero-order valence-electron chi connectivity index (χ0n) is 9.22. The zero-order chi connectivity index (χ0) is 12.4. The Morgan fingerprint density at radius 2 is 2.06 bits per heavy atom. The fourth-order valence-corrected chi connectivity index (χ4v) is 1.84. The van der Waals surface area contributed by atoms with Gasteiger partial charge in [-0.3, -0.25) is 4.68 Å². The highest BCUT2D eigenvalue weighted by atomic mass is 79.9. The van der Waals surface area contributed by atoms with E-state index in [1.807, 2.05) is 24.3 Å². The first-order chi connectivity index (χ1) is 8.08. The van der Waals surface area contributed by atoms with E-state index in [9.17, 15) is 4.79 Å². The number of aromatic nitrogens is 2. The summed E-state index contributed by atoms with van der Waals surface area (Å²) in [4.78, 5) is 10.9. The Balaban J connectivity index is 2.24. The first kappa shape index (κ1) is 11.9. The van der Waals surface area contributed by atoms with Gasteiger partial charge in [0, 0.05) is 4.47 Å². The summed E-state index contributed by atoms with van der Waals surface area (Å²) < 4.78 is 2.71. The second kappa shape index (κ2) is 4.71. The number of rotatable bonds is 3. The predicted molar refractivity (Wildman–Crippen MR) is 67.2 cm³/mol. The van der Waals surface area contributed by atoms with Gasteiger partial charge in [0.05, 0.1) is 18.4 Å². The van der Waals surface area contributed by atoms with Crippen molar-refractivity contribution in [2.75, 3.05) is 0 Å². The Labute approximate surface area is 107 Å². The van der Waals surface area contributed by atoms with Crippen molar-refractivity contribution in [3.63, 3.8) is 0 Å². The maximum absolute atomic E-state index is 10.9. The van der Waals surface area contributed by atoms with E-state index in [1.165, 1.54) is 6.20 Å². The number of aromatic carboxylic acids is 1. The summed E-state index contributed by atoms with van der Waals surface area (Å²) in [5.41, 5.74) is 2.00. The van der Waals surface area contributed by atoms with Gasteiger partial charge in [-0.1, -0.05) is 28.1 Å². The van der Waals surface area contributed by atoms with Crippen molar-refractivity contribution in [1.29, 1.82) is 0 Å². The van der Waals surface area contributed by atoms with E-state index >= 15 is 0 Å². The molecule has 1 aromatic carbocycles. The number of nitrogens with zero attached hydrogens (tertiary/aromatic N) is 2. The van der Waals surface area contributed by atoms with Crippen LogP contribution in [0.15, 0.2) is 34.9 Å². The van der Waals surface area contributed by atoms with Crippen molar-refractivity contribution < 1.29 is 9.90 Å². The highest BCUT2D eigenvalue weighted by molar-refractivity contribution is 9.10. The molecule has 0 atom stereocenters.